The van der Waals surface area contributed by atoms with E-state index in [9.17, 15) is 0 Å². The molecule has 1 atom stereocenters. The molecule has 0 N–H and O–H groups in total. The Balaban J connectivity index is 2.69. The fraction of sp³-hybridized carbons (Fsp3) is 1.00. The summed E-state index contributed by atoms with van der Waals surface area (Å²) in [5, 5.41) is 0. The molecule has 84 valence electrons. The fourth-order valence-electron chi connectivity index (χ4n) is 2.65. The van der Waals surface area contributed by atoms with Gasteiger partial charge in [-0.15, -0.1) is 0 Å². The Kier molecular flexibility index (Phi) is 3.27. The molecule has 0 aromatic carbocycles. The third-order valence-corrected chi connectivity index (χ3v) is 3.49. The molecule has 0 spiro atoms. The molecule has 1 rings (SSSR count). The highest BCUT2D eigenvalue weighted by Crippen LogP contribution is 2.29. The number of nitrogens with zero attached hydrogens (tertiary/aromatic N) is 2. The molecule has 1 fully saturated rings. The number of hydrogen-bond donors (Lipinski definition) is 0. The van der Waals surface area contributed by atoms with E-state index in [1.165, 1.54) is 30.8 Å². The van der Waals surface area contributed by atoms with Gasteiger partial charge >= 0.3 is 0 Å². The summed E-state index contributed by atoms with van der Waals surface area (Å²) in [5.74, 6) is 0.776. The molecule has 0 unspecified atom stereocenters. The number of quaternary nitrogens is 1. The minimum Gasteiger partial charge on any atom is -0.312 e. The van der Waals surface area contributed by atoms with Crippen molar-refractivity contribution in [1.29, 1.82) is 0 Å². The smallest absolute Gasteiger partial charge is 0.135 e. The molecule has 0 aromatic rings. The standard InChI is InChI=1S/C12H27N2/c1-7-14(6)9-12(4,5)13(10-14)8-11(2)3/h11H,7-10H2,1-6H3/q+1/t14-/m1/s1. The van der Waals surface area contributed by atoms with Crippen molar-refractivity contribution in [3.05, 3.63) is 0 Å². The minimum absolute atomic E-state index is 0.384. The predicted octanol–water partition coefficient (Wildman–Crippen LogP) is 2.16. The zero-order valence-electron chi connectivity index (χ0n) is 10.8. The van der Waals surface area contributed by atoms with Crippen LogP contribution in [-0.4, -0.2) is 48.3 Å². The van der Waals surface area contributed by atoms with Crippen molar-refractivity contribution in [3.8, 4) is 0 Å². The Morgan fingerprint density at radius 1 is 1.36 bits per heavy atom. The third-order valence-electron chi connectivity index (χ3n) is 3.49. The summed E-state index contributed by atoms with van der Waals surface area (Å²) < 4.78 is 1.21. The van der Waals surface area contributed by atoms with Crippen molar-refractivity contribution < 1.29 is 4.48 Å². The number of rotatable bonds is 3. The van der Waals surface area contributed by atoms with Crippen LogP contribution in [0.3, 0.4) is 0 Å². The summed E-state index contributed by atoms with van der Waals surface area (Å²) in [6.07, 6.45) is 0. The molecular weight excluding hydrogens is 172 g/mol. The van der Waals surface area contributed by atoms with E-state index < -0.39 is 0 Å². The molecule has 1 aliphatic rings. The van der Waals surface area contributed by atoms with Crippen LogP contribution in [0, 0.1) is 5.92 Å². The maximum absolute atomic E-state index is 2.65. The van der Waals surface area contributed by atoms with Gasteiger partial charge in [0.15, 0.2) is 0 Å². The minimum atomic E-state index is 0.384. The SMILES string of the molecule is CC[N@@+]1(C)CN(CC(C)C)C(C)(C)C1. The molecule has 0 aliphatic carbocycles. The van der Waals surface area contributed by atoms with Crippen LogP contribution < -0.4 is 0 Å². The van der Waals surface area contributed by atoms with E-state index in [0.717, 1.165) is 5.92 Å². The van der Waals surface area contributed by atoms with Gasteiger partial charge in [0, 0.05) is 6.54 Å². The van der Waals surface area contributed by atoms with Gasteiger partial charge in [-0.25, -0.2) is 4.90 Å². The van der Waals surface area contributed by atoms with Crippen LogP contribution in [0.2, 0.25) is 0 Å². The van der Waals surface area contributed by atoms with Gasteiger partial charge in [-0.05, 0) is 26.7 Å². The highest BCUT2D eigenvalue weighted by atomic mass is 15.5. The maximum Gasteiger partial charge on any atom is 0.135 e. The van der Waals surface area contributed by atoms with E-state index in [1.807, 2.05) is 0 Å². The molecule has 1 saturated heterocycles. The first-order valence-corrected chi connectivity index (χ1v) is 5.88. The highest BCUT2D eigenvalue weighted by Gasteiger charge is 2.45. The summed E-state index contributed by atoms with van der Waals surface area (Å²) in [6.45, 7) is 16.7. The van der Waals surface area contributed by atoms with E-state index in [2.05, 4.69) is 46.6 Å². The quantitative estimate of drug-likeness (QED) is 0.630. The van der Waals surface area contributed by atoms with Crippen molar-refractivity contribution >= 4 is 0 Å². The lowest BCUT2D eigenvalue weighted by Gasteiger charge is -2.28. The second kappa shape index (κ2) is 3.82. The summed E-state index contributed by atoms with van der Waals surface area (Å²) >= 11 is 0. The van der Waals surface area contributed by atoms with Gasteiger partial charge < -0.3 is 4.48 Å². The molecule has 14 heavy (non-hydrogen) atoms. The Bertz CT molecular complexity index is 198. The first kappa shape index (κ1) is 12.0. The van der Waals surface area contributed by atoms with Crippen molar-refractivity contribution in [3.63, 3.8) is 0 Å². The number of hydrogen-bond acceptors (Lipinski definition) is 1. The Morgan fingerprint density at radius 2 is 1.93 bits per heavy atom. The highest BCUT2D eigenvalue weighted by molar-refractivity contribution is 4.85. The first-order valence-electron chi connectivity index (χ1n) is 5.88. The Labute approximate surface area is 89.5 Å². The van der Waals surface area contributed by atoms with Crippen LogP contribution in [-0.2, 0) is 0 Å². The third kappa shape index (κ3) is 2.48. The topological polar surface area (TPSA) is 3.24 Å². The van der Waals surface area contributed by atoms with Gasteiger partial charge in [-0.2, -0.15) is 0 Å². The molecule has 0 bridgehead atoms. The van der Waals surface area contributed by atoms with Gasteiger partial charge in [0.05, 0.1) is 25.7 Å². The molecular formula is C12H27N2+. The van der Waals surface area contributed by atoms with Crippen LogP contribution in [0.1, 0.15) is 34.6 Å². The largest absolute Gasteiger partial charge is 0.312 e. The molecule has 0 radical (unpaired) electrons. The Morgan fingerprint density at radius 3 is 2.29 bits per heavy atom. The molecule has 1 aliphatic heterocycles. The summed E-state index contributed by atoms with van der Waals surface area (Å²) in [5.41, 5.74) is 0.384. The van der Waals surface area contributed by atoms with Crippen LogP contribution in [0.15, 0.2) is 0 Å². The predicted molar refractivity (Wildman–Crippen MR) is 62.1 cm³/mol. The molecule has 2 heteroatoms. The van der Waals surface area contributed by atoms with E-state index in [1.54, 1.807) is 0 Å². The monoisotopic (exact) mass is 199 g/mol. The summed E-state index contributed by atoms with van der Waals surface area (Å²) in [7, 11) is 2.38. The zero-order valence-corrected chi connectivity index (χ0v) is 10.8. The lowest BCUT2D eigenvalue weighted by atomic mass is 10.0. The number of likely N-dealkylation sites (N-methyl/N-ethyl adjacent to an activating group) is 1. The van der Waals surface area contributed by atoms with Crippen molar-refractivity contribution in [2.24, 2.45) is 5.92 Å². The first-order chi connectivity index (χ1) is 6.29. The second-order valence-electron chi connectivity index (χ2n) is 6.16. The van der Waals surface area contributed by atoms with E-state index in [-0.39, 0.29) is 0 Å². The lowest BCUT2D eigenvalue weighted by molar-refractivity contribution is -0.901. The van der Waals surface area contributed by atoms with Crippen LogP contribution >= 0.6 is 0 Å². The molecule has 0 saturated carbocycles. The summed E-state index contributed by atoms with van der Waals surface area (Å²) in [6, 6.07) is 0. The summed E-state index contributed by atoms with van der Waals surface area (Å²) in [4.78, 5) is 2.65. The van der Waals surface area contributed by atoms with E-state index in [0.29, 0.717) is 5.54 Å². The Hall–Kier alpha value is -0.0800. The van der Waals surface area contributed by atoms with Gasteiger partial charge in [0.25, 0.3) is 0 Å². The second-order valence-corrected chi connectivity index (χ2v) is 6.16. The fourth-order valence-corrected chi connectivity index (χ4v) is 2.65. The van der Waals surface area contributed by atoms with Crippen LogP contribution in [0.4, 0.5) is 0 Å². The maximum atomic E-state index is 2.65. The molecule has 2 nitrogen and oxygen atoms in total. The van der Waals surface area contributed by atoms with E-state index in [4.69, 9.17) is 0 Å². The molecule has 0 aromatic heterocycles. The van der Waals surface area contributed by atoms with Gasteiger partial charge in [-0.1, -0.05) is 13.8 Å². The average molecular weight is 199 g/mol. The lowest BCUT2D eigenvalue weighted by Crippen LogP contribution is -2.43. The normalized spacial score (nSPS) is 32.8. The van der Waals surface area contributed by atoms with Gasteiger partial charge in [-0.3, -0.25) is 0 Å². The van der Waals surface area contributed by atoms with Crippen LogP contribution in [0.5, 0.6) is 0 Å². The average Bonchev–Trinajstić information content (AvgIpc) is 2.22. The van der Waals surface area contributed by atoms with Crippen molar-refractivity contribution in [1.82, 2.24) is 4.90 Å². The van der Waals surface area contributed by atoms with Gasteiger partial charge in [0.1, 0.15) is 6.67 Å². The van der Waals surface area contributed by atoms with Crippen LogP contribution in [0.25, 0.3) is 0 Å². The zero-order chi connectivity index (χ0) is 11.0. The van der Waals surface area contributed by atoms with Crippen molar-refractivity contribution in [2.75, 3.05) is 33.4 Å². The van der Waals surface area contributed by atoms with Crippen molar-refractivity contribution in [2.45, 2.75) is 40.2 Å². The van der Waals surface area contributed by atoms with E-state index >= 15 is 0 Å². The molecule has 0 amide bonds. The molecule has 1 heterocycles. The van der Waals surface area contributed by atoms with Gasteiger partial charge in [0.2, 0.25) is 0 Å².